The molecule has 0 aromatic carbocycles. The Bertz CT molecular complexity index is 568. The molecule has 0 saturated heterocycles. The third-order valence-corrected chi connectivity index (χ3v) is 4.45. The quantitative estimate of drug-likeness (QED) is 0.609. The summed E-state index contributed by atoms with van der Waals surface area (Å²) in [6, 6.07) is 10.1. The molecular formula is C15H19BrN4S. The van der Waals surface area contributed by atoms with Gasteiger partial charge in [0.15, 0.2) is 5.96 Å². The smallest absolute Gasteiger partial charge is 0.191 e. The van der Waals surface area contributed by atoms with E-state index in [0.29, 0.717) is 6.54 Å². The van der Waals surface area contributed by atoms with E-state index >= 15 is 0 Å². The van der Waals surface area contributed by atoms with E-state index in [1.165, 1.54) is 8.66 Å². The number of hydrogen-bond donors (Lipinski definition) is 2. The molecule has 6 heteroatoms. The summed E-state index contributed by atoms with van der Waals surface area (Å²) in [7, 11) is 0. The van der Waals surface area contributed by atoms with E-state index in [1.54, 1.807) is 17.5 Å². The number of halogens is 1. The van der Waals surface area contributed by atoms with Gasteiger partial charge in [0.25, 0.3) is 0 Å². The van der Waals surface area contributed by atoms with Crippen LogP contribution in [0.3, 0.4) is 0 Å². The standard InChI is InChI=1S/C15H19BrN4S/c1-2-17-15(20-11-12-5-3-4-9-18-12)19-10-8-13-6-7-14(16)21-13/h3-7,9H,2,8,10-11H2,1H3,(H2,17,19,20). The van der Waals surface area contributed by atoms with Gasteiger partial charge in [-0.2, -0.15) is 0 Å². The molecular weight excluding hydrogens is 348 g/mol. The molecule has 0 amide bonds. The fourth-order valence-corrected chi connectivity index (χ4v) is 3.27. The number of aliphatic imine (C=N–C) groups is 1. The molecule has 0 aliphatic carbocycles. The summed E-state index contributed by atoms with van der Waals surface area (Å²) in [5.74, 6) is 0.832. The first kappa shape index (κ1) is 16.0. The Morgan fingerprint density at radius 2 is 2.19 bits per heavy atom. The van der Waals surface area contributed by atoms with Gasteiger partial charge < -0.3 is 10.6 Å². The second-order valence-electron chi connectivity index (χ2n) is 4.40. The Morgan fingerprint density at radius 1 is 1.29 bits per heavy atom. The van der Waals surface area contributed by atoms with Gasteiger partial charge in [-0.25, -0.2) is 4.99 Å². The van der Waals surface area contributed by atoms with Crippen molar-refractivity contribution in [1.29, 1.82) is 0 Å². The molecule has 0 saturated carbocycles. The van der Waals surface area contributed by atoms with Crippen molar-refractivity contribution in [3.05, 3.63) is 50.9 Å². The van der Waals surface area contributed by atoms with E-state index in [9.17, 15) is 0 Å². The molecule has 0 unspecified atom stereocenters. The van der Waals surface area contributed by atoms with Crippen molar-refractivity contribution < 1.29 is 0 Å². The summed E-state index contributed by atoms with van der Waals surface area (Å²) >= 11 is 5.25. The Labute approximate surface area is 137 Å². The summed E-state index contributed by atoms with van der Waals surface area (Å²) in [5.41, 5.74) is 0.969. The lowest BCUT2D eigenvalue weighted by Gasteiger charge is -2.10. The Hall–Kier alpha value is -1.40. The minimum atomic E-state index is 0.584. The SMILES string of the molecule is CCNC(=NCc1ccccn1)NCCc1ccc(Br)s1. The zero-order valence-corrected chi connectivity index (χ0v) is 14.4. The highest BCUT2D eigenvalue weighted by atomic mass is 79.9. The first-order valence-corrected chi connectivity index (χ1v) is 8.55. The van der Waals surface area contributed by atoms with Crippen LogP contribution in [0.4, 0.5) is 0 Å². The van der Waals surface area contributed by atoms with Crippen LogP contribution in [-0.2, 0) is 13.0 Å². The van der Waals surface area contributed by atoms with Gasteiger partial charge in [-0.3, -0.25) is 4.98 Å². The van der Waals surface area contributed by atoms with E-state index < -0.39 is 0 Å². The number of thiophene rings is 1. The van der Waals surface area contributed by atoms with Crippen LogP contribution in [0, 0.1) is 0 Å². The number of rotatable bonds is 6. The van der Waals surface area contributed by atoms with E-state index in [0.717, 1.165) is 31.2 Å². The molecule has 0 spiro atoms. The second kappa shape index (κ2) is 8.79. The van der Waals surface area contributed by atoms with Crippen molar-refractivity contribution in [2.24, 2.45) is 4.99 Å². The summed E-state index contributed by atoms with van der Waals surface area (Å²) in [4.78, 5) is 10.2. The van der Waals surface area contributed by atoms with Crippen LogP contribution < -0.4 is 10.6 Å². The van der Waals surface area contributed by atoms with Crippen LogP contribution in [-0.4, -0.2) is 24.0 Å². The minimum absolute atomic E-state index is 0.584. The third-order valence-electron chi connectivity index (χ3n) is 2.76. The molecule has 2 rings (SSSR count). The zero-order chi connectivity index (χ0) is 14.9. The predicted molar refractivity (Wildman–Crippen MR) is 92.8 cm³/mol. The average molecular weight is 367 g/mol. The van der Waals surface area contributed by atoms with E-state index in [2.05, 4.69) is 55.6 Å². The van der Waals surface area contributed by atoms with Crippen LogP contribution in [0.25, 0.3) is 0 Å². The summed E-state index contributed by atoms with van der Waals surface area (Å²) in [5, 5.41) is 6.60. The fraction of sp³-hybridized carbons (Fsp3) is 0.333. The largest absolute Gasteiger partial charge is 0.357 e. The van der Waals surface area contributed by atoms with Crippen molar-refractivity contribution in [3.63, 3.8) is 0 Å². The highest BCUT2D eigenvalue weighted by molar-refractivity contribution is 9.11. The molecule has 0 aliphatic heterocycles. The Kier molecular flexibility index (Phi) is 6.69. The maximum Gasteiger partial charge on any atom is 0.191 e. The summed E-state index contributed by atoms with van der Waals surface area (Å²) in [6.45, 7) is 4.36. The van der Waals surface area contributed by atoms with E-state index in [1.807, 2.05) is 18.2 Å². The zero-order valence-electron chi connectivity index (χ0n) is 12.0. The first-order valence-electron chi connectivity index (χ1n) is 6.94. The van der Waals surface area contributed by atoms with Crippen molar-refractivity contribution in [1.82, 2.24) is 15.6 Å². The molecule has 2 aromatic rings. The normalized spacial score (nSPS) is 11.4. The van der Waals surface area contributed by atoms with Gasteiger partial charge in [-0.05, 0) is 53.5 Å². The van der Waals surface area contributed by atoms with E-state index in [-0.39, 0.29) is 0 Å². The van der Waals surface area contributed by atoms with E-state index in [4.69, 9.17) is 0 Å². The molecule has 4 nitrogen and oxygen atoms in total. The maximum absolute atomic E-state index is 4.55. The van der Waals surface area contributed by atoms with Crippen molar-refractivity contribution in [3.8, 4) is 0 Å². The molecule has 2 heterocycles. The van der Waals surface area contributed by atoms with Gasteiger partial charge in [-0.1, -0.05) is 6.07 Å². The molecule has 0 bridgehead atoms. The van der Waals surface area contributed by atoms with Crippen LogP contribution >= 0.6 is 27.3 Å². The van der Waals surface area contributed by atoms with Gasteiger partial charge >= 0.3 is 0 Å². The molecule has 112 valence electrons. The second-order valence-corrected chi connectivity index (χ2v) is 6.95. The molecule has 0 radical (unpaired) electrons. The maximum atomic E-state index is 4.55. The van der Waals surface area contributed by atoms with Crippen LogP contribution in [0.1, 0.15) is 17.5 Å². The number of aromatic nitrogens is 1. The van der Waals surface area contributed by atoms with Gasteiger partial charge in [0.2, 0.25) is 0 Å². The van der Waals surface area contributed by atoms with Crippen molar-refractivity contribution >= 4 is 33.2 Å². The Balaban J connectivity index is 1.83. The highest BCUT2D eigenvalue weighted by Crippen LogP contribution is 2.21. The average Bonchev–Trinajstić information content (AvgIpc) is 2.91. The summed E-state index contributed by atoms with van der Waals surface area (Å²) in [6.07, 6.45) is 2.78. The number of guanidine groups is 1. The molecule has 0 fully saturated rings. The highest BCUT2D eigenvalue weighted by Gasteiger charge is 2.00. The number of hydrogen-bond acceptors (Lipinski definition) is 3. The first-order chi connectivity index (χ1) is 10.3. The van der Waals surface area contributed by atoms with Gasteiger partial charge in [0.1, 0.15) is 0 Å². The lowest BCUT2D eigenvalue weighted by atomic mass is 10.3. The van der Waals surface area contributed by atoms with Gasteiger partial charge in [-0.15, -0.1) is 11.3 Å². The van der Waals surface area contributed by atoms with Gasteiger partial charge in [0.05, 0.1) is 16.0 Å². The van der Waals surface area contributed by atoms with Crippen LogP contribution in [0.15, 0.2) is 45.3 Å². The predicted octanol–water partition coefficient (Wildman–Crippen LogP) is 3.20. The fourth-order valence-electron chi connectivity index (χ4n) is 1.78. The number of nitrogens with one attached hydrogen (secondary N) is 2. The lowest BCUT2D eigenvalue weighted by molar-refractivity contribution is 0.801. The topological polar surface area (TPSA) is 49.3 Å². The molecule has 2 aromatic heterocycles. The monoisotopic (exact) mass is 366 g/mol. The number of nitrogens with zero attached hydrogens (tertiary/aromatic N) is 2. The Morgan fingerprint density at radius 3 is 2.86 bits per heavy atom. The van der Waals surface area contributed by atoms with Crippen LogP contribution in [0.5, 0.6) is 0 Å². The van der Waals surface area contributed by atoms with Crippen molar-refractivity contribution in [2.45, 2.75) is 19.9 Å². The van der Waals surface area contributed by atoms with Crippen molar-refractivity contribution in [2.75, 3.05) is 13.1 Å². The molecule has 0 aliphatic rings. The minimum Gasteiger partial charge on any atom is -0.357 e. The molecule has 21 heavy (non-hydrogen) atoms. The van der Waals surface area contributed by atoms with Gasteiger partial charge in [0, 0.05) is 24.2 Å². The van der Waals surface area contributed by atoms with Crippen LogP contribution in [0.2, 0.25) is 0 Å². The summed E-state index contributed by atoms with van der Waals surface area (Å²) < 4.78 is 1.17. The third kappa shape index (κ3) is 5.85. The molecule has 2 N–H and O–H groups in total. The lowest BCUT2D eigenvalue weighted by Crippen LogP contribution is -2.38. The molecule has 0 atom stereocenters. The number of pyridine rings is 1.